The van der Waals surface area contributed by atoms with Gasteiger partial charge in [-0.3, -0.25) is 24.2 Å². The van der Waals surface area contributed by atoms with Crippen LogP contribution < -0.4 is 11.1 Å². The van der Waals surface area contributed by atoms with Crippen LogP contribution in [0.1, 0.15) is 30.6 Å². The van der Waals surface area contributed by atoms with Gasteiger partial charge < -0.3 is 20.5 Å². The molecule has 0 saturated carbocycles. The molecular formula is C20H23N3O6. The fraction of sp³-hybridized carbons (Fsp3) is 0.350. The largest absolute Gasteiger partial charge is 0.466 e. The van der Waals surface area contributed by atoms with Crippen molar-refractivity contribution in [3.05, 3.63) is 42.1 Å². The fourth-order valence-corrected chi connectivity index (χ4v) is 2.86. The number of nitrogens with one attached hydrogen (secondary N) is 1. The van der Waals surface area contributed by atoms with Gasteiger partial charge in [-0.05, 0) is 26.0 Å². The molecule has 0 aliphatic rings. The second-order valence-electron chi connectivity index (χ2n) is 6.10. The topological polar surface area (TPSA) is 138 Å². The van der Waals surface area contributed by atoms with Gasteiger partial charge in [0, 0.05) is 11.6 Å². The number of rotatable bonds is 9. The number of pyridine rings is 1. The van der Waals surface area contributed by atoms with E-state index in [-0.39, 0.29) is 18.8 Å². The van der Waals surface area contributed by atoms with Crippen LogP contribution in [0, 0.1) is 5.92 Å². The minimum Gasteiger partial charge on any atom is -0.466 e. The molecule has 3 N–H and O–H groups in total. The molecular weight excluding hydrogens is 378 g/mol. The number of aromatic nitrogens is 1. The summed E-state index contributed by atoms with van der Waals surface area (Å²) >= 11 is 0. The van der Waals surface area contributed by atoms with E-state index in [2.05, 4.69) is 10.3 Å². The van der Waals surface area contributed by atoms with Crippen LogP contribution in [0.3, 0.4) is 0 Å². The lowest BCUT2D eigenvalue weighted by molar-refractivity contribution is -0.156. The Morgan fingerprint density at radius 2 is 1.76 bits per heavy atom. The molecule has 9 heteroatoms. The fourth-order valence-electron chi connectivity index (χ4n) is 2.86. The van der Waals surface area contributed by atoms with Gasteiger partial charge in [-0.1, -0.05) is 18.2 Å². The molecule has 0 aliphatic carbocycles. The number of esters is 2. The van der Waals surface area contributed by atoms with E-state index in [0.717, 1.165) is 5.39 Å². The van der Waals surface area contributed by atoms with E-state index in [9.17, 15) is 19.2 Å². The van der Waals surface area contributed by atoms with Crippen LogP contribution in [-0.4, -0.2) is 48.0 Å². The number of amides is 2. The van der Waals surface area contributed by atoms with Gasteiger partial charge in [0.2, 0.25) is 5.91 Å². The Bertz CT molecular complexity index is 909. The van der Waals surface area contributed by atoms with Crippen LogP contribution in [0.2, 0.25) is 0 Å². The number of para-hydroxylation sites is 1. The lowest BCUT2D eigenvalue weighted by Gasteiger charge is -2.23. The third-order valence-electron chi connectivity index (χ3n) is 4.15. The molecule has 29 heavy (non-hydrogen) atoms. The Balaban J connectivity index is 2.33. The lowest BCUT2D eigenvalue weighted by Crippen LogP contribution is -2.52. The van der Waals surface area contributed by atoms with E-state index >= 15 is 0 Å². The van der Waals surface area contributed by atoms with Crippen LogP contribution in [0.15, 0.2) is 36.5 Å². The molecule has 0 aliphatic heterocycles. The zero-order valence-corrected chi connectivity index (χ0v) is 16.2. The van der Waals surface area contributed by atoms with Crippen molar-refractivity contribution in [2.45, 2.75) is 26.3 Å². The summed E-state index contributed by atoms with van der Waals surface area (Å²) in [5.41, 5.74) is 6.06. The average molecular weight is 401 g/mol. The molecule has 154 valence electrons. The quantitative estimate of drug-likeness (QED) is 0.597. The van der Waals surface area contributed by atoms with Crippen molar-refractivity contribution in [3.63, 3.8) is 0 Å². The summed E-state index contributed by atoms with van der Waals surface area (Å²) in [6.45, 7) is 3.32. The highest BCUT2D eigenvalue weighted by Gasteiger charge is 2.37. The van der Waals surface area contributed by atoms with Crippen molar-refractivity contribution in [1.29, 1.82) is 0 Å². The van der Waals surface area contributed by atoms with Gasteiger partial charge in [-0.2, -0.15) is 0 Å². The molecule has 0 saturated heterocycles. The van der Waals surface area contributed by atoms with E-state index in [0.29, 0.717) is 5.52 Å². The van der Waals surface area contributed by atoms with Crippen molar-refractivity contribution in [3.8, 4) is 0 Å². The highest BCUT2D eigenvalue weighted by molar-refractivity contribution is 6.07. The van der Waals surface area contributed by atoms with Crippen molar-refractivity contribution in [1.82, 2.24) is 10.3 Å². The Morgan fingerprint density at radius 1 is 1.07 bits per heavy atom. The molecule has 0 unspecified atom stereocenters. The zero-order chi connectivity index (χ0) is 21.4. The third-order valence-corrected chi connectivity index (χ3v) is 4.15. The third kappa shape index (κ3) is 5.50. The Hall–Kier alpha value is -3.49. The highest BCUT2D eigenvalue weighted by atomic mass is 16.5. The standard InChI is InChI=1S/C20H23N3O6/c1-3-28-15(24)11-14(20(27)29-4-2)17(18(21)25)23-19(26)13-9-5-7-12-8-6-10-22-16(12)13/h5-10,14,17H,3-4,11H2,1-2H3,(H2,21,25)(H,23,26)/t14-,17-/m0/s1. The van der Waals surface area contributed by atoms with Gasteiger partial charge in [0.25, 0.3) is 5.91 Å². The maximum atomic E-state index is 12.8. The summed E-state index contributed by atoms with van der Waals surface area (Å²) < 4.78 is 9.81. The molecule has 0 fully saturated rings. The van der Waals surface area contributed by atoms with Crippen molar-refractivity contribution in [2.24, 2.45) is 11.7 Å². The van der Waals surface area contributed by atoms with E-state index < -0.39 is 42.1 Å². The normalized spacial score (nSPS) is 12.6. The predicted molar refractivity (Wildman–Crippen MR) is 104 cm³/mol. The Labute approximate surface area is 167 Å². The molecule has 2 amide bonds. The number of ether oxygens (including phenoxy) is 2. The Kier molecular flexibility index (Phi) is 7.64. The lowest BCUT2D eigenvalue weighted by atomic mass is 9.94. The smallest absolute Gasteiger partial charge is 0.312 e. The second kappa shape index (κ2) is 10.2. The van der Waals surface area contributed by atoms with Crippen molar-refractivity contribution >= 4 is 34.7 Å². The SMILES string of the molecule is CCOC(=O)C[C@H](C(=O)OCC)[C@H](NC(=O)c1cccc2cccnc12)C(N)=O. The van der Waals surface area contributed by atoms with Gasteiger partial charge in [0.05, 0.1) is 36.6 Å². The maximum absolute atomic E-state index is 12.8. The van der Waals surface area contributed by atoms with Crippen LogP contribution in [0.25, 0.3) is 10.9 Å². The number of carbonyl (C=O) groups excluding carboxylic acids is 4. The van der Waals surface area contributed by atoms with E-state index in [1.165, 1.54) is 12.3 Å². The molecule has 0 radical (unpaired) electrons. The van der Waals surface area contributed by atoms with Gasteiger partial charge in [0.1, 0.15) is 6.04 Å². The first-order valence-corrected chi connectivity index (χ1v) is 9.15. The summed E-state index contributed by atoms with van der Waals surface area (Å²) in [4.78, 5) is 53.4. The summed E-state index contributed by atoms with van der Waals surface area (Å²) in [5.74, 6) is -4.50. The molecule has 2 atom stereocenters. The van der Waals surface area contributed by atoms with Crippen LogP contribution in [0.4, 0.5) is 0 Å². The summed E-state index contributed by atoms with van der Waals surface area (Å²) in [6, 6.07) is 7.03. The zero-order valence-electron chi connectivity index (χ0n) is 16.2. The van der Waals surface area contributed by atoms with Gasteiger partial charge in [-0.25, -0.2) is 0 Å². The number of benzene rings is 1. The number of hydrogen-bond donors (Lipinski definition) is 2. The van der Waals surface area contributed by atoms with Gasteiger partial charge in [-0.15, -0.1) is 0 Å². The molecule has 9 nitrogen and oxygen atoms in total. The maximum Gasteiger partial charge on any atom is 0.312 e. The highest BCUT2D eigenvalue weighted by Crippen LogP contribution is 2.18. The number of primary amides is 1. The predicted octanol–water partition coefficient (Wildman–Crippen LogP) is 0.951. The van der Waals surface area contributed by atoms with E-state index in [1.54, 1.807) is 38.1 Å². The number of nitrogens with two attached hydrogens (primary N) is 1. The van der Waals surface area contributed by atoms with Gasteiger partial charge in [0.15, 0.2) is 0 Å². The minimum absolute atomic E-state index is 0.0326. The molecule has 1 heterocycles. The molecule has 1 aromatic carbocycles. The monoisotopic (exact) mass is 401 g/mol. The number of hydrogen-bond acceptors (Lipinski definition) is 7. The molecule has 0 spiro atoms. The van der Waals surface area contributed by atoms with Crippen LogP contribution in [0.5, 0.6) is 0 Å². The second-order valence-corrected chi connectivity index (χ2v) is 6.10. The minimum atomic E-state index is -1.47. The number of nitrogens with zero attached hydrogens (tertiary/aromatic N) is 1. The molecule has 1 aromatic heterocycles. The molecule has 2 aromatic rings. The summed E-state index contributed by atoms with van der Waals surface area (Å²) in [7, 11) is 0. The van der Waals surface area contributed by atoms with Crippen LogP contribution >= 0.6 is 0 Å². The van der Waals surface area contributed by atoms with E-state index in [1.807, 2.05) is 0 Å². The van der Waals surface area contributed by atoms with Crippen LogP contribution in [-0.2, 0) is 23.9 Å². The molecule has 0 bridgehead atoms. The van der Waals surface area contributed by atoms with Crippen molar-refractivity contribution < 1.29 is 28.7 Å². The average Bonchev–Trinajstić information content (AvgIpc) is 2.70. The first-order valence-electron chi connectivity index (χ1n) is 9.15. The summed E-state index contributed by atoms with van der Waals surface area (Å²) in [5, 5.41) is 3.18. The number of fused-ring (bicyclic) bond motifs is 1. The number of carbonyl (C=O) groups is 4. The van der Waals surface area contributed by atoms with E-state index in [4.69, 9.17) is 15.2 Å². The summed E-state index contributed by atoms with van der Waals surface area (Å²) in [6.07, 6.45) is 1.07. The van der Waals surface area contributed by atoms with Crippen molar-refractivity contribution in [2.75, 3.05) is 13.2 Å². The Morgan fingerprint density at radius 3 is 2.41 bits per heavy atom. The first-order chi connectivity index (χ1) is 13.9. The first kappa shape index (κ1) is 21.8. The molecule has 2 rings (SSSR count). The van der Waals surface area contributed by atoms with Gasteiger partial charge >= 0.3 is 11.9 Å².